The average molecular weight is 464 g/mol. The lowest BCUT2D eigenvalue weighted by molar-refractivity contribution is -0.121. The standard InChI is InChI=1S/C27H49N3O3/c1-5-7-9-11-13-15-17-26(31)28-19-23(3)30(21-25-22-33-25)24(4)20-29-27(32)18-16-14-12-10-8-6-2/h5-6,23-25H,1-2,7-22H2,3-4H3,(H,28,31)(H,29,32). The zero-order chi connectivity index (χ0) is 24.3. The van der Waals surface area contributed by atoms with Crippen LogP contribution < -0.4 is 10.6 Å². The topological polar surface area (TPSA) is 74.0 Å². The van der Waals surface area contributed by atoms with Crippen LogP contribution in [-0.2, 0) is 14.3 Å². The number of nitrogens with one attached hydrogen (secondary N) is 2. The number of hydrogen-bond donors (Lipinski definition) is 2. The number of ether oxygens (including phenoxy) is 1. The Morgan fingerprint density at radius 1 is 0.848 bits per heavy atom. The quantitative estimate of drug-likeness (QED) is 0.138. The van der Waals surface area contributed by atoms with Crippen molar-refractivity contribution in [2.75, 3.05) is 26.2 Å². The van der Waals surface area contributed by atoms with Crippen LogP contribution in [0.5, 0.6) is 0 Å². The van der Waals surface area contributed by atoms with Crippen LogP contribution in [0.3, 0.4) is 0 Å². The van der Waals surface area contributed by atoms with Crippen molar-refractivity contribution in [3.05, 3.63) is 25.3 Å². The van der Waals surface area contributed by atoms with Crippen molar-refractivity contribution in [1.29, 1.82) is 0 Å². The summed E-state index contributed by atoms with van der Waals surface area (Å²) >= 11 is 0. The van der Waals surface area contributed by atoms with Crippen molar-refractivity contribution >= 4 is 11.8 Å². The van der Waals surface area contributed by atoms with E-state index in [1.165, 1.54) is 0 Å². The molecular formula is C27H49N3O3. The Bertz CT molecular complexity index is 521. The van der Waals surface area contributed by atoms with E-state index < -0.39 is 0 Å². The first kappa shape index (κ1) is 29.4. The fraction of sp³-hybridized carbons (Fsp3) is 0.778. The molecule has 1 rings (SSSR count). The summed E-state index contributed by atoms with van der Waals surface area (Å²) in [5.74, 6) is 0.254. The zero-order valence-electron chi connectivity index (χ0n) is 21.3. The molecule has 1 aliphatic heterocycles. The van der Waals surface area contributed by atoms with Crippen LogP contribution in [0.15, 0.2) is 25.3 Å². The van der Waals surface area contributed by atoms with Gasteiger partial charge in [-0.2, -0.15) is 0 Å². The van der Waals surface area contributed by atoms with Gasteiger partial charge in [-0.1, -0.05) is 37.8 Å². The molecule has 1 fully saturated rings. The highest BCUT2D eigenvalue weighted by Crippen LogP contribution is 2.16. The first-order valence-corrected chi connectivity index (χ1v) is 13.1. The molecule has 33 heavy (non-hydrogen) atoms. The molecule has 1 heterocycles. The fourth-order valence-corrected chi connectivity index (χ4v) is 3.99. The average Bonchev–Trinajstić information content (AvgIpc) is 3.63. The first-order chi connectivity index (χ1) is 16.0. The molecule has 3 unspecified atom stereocenters. The largest absolute Gasteiger partial charge is 0.372 e. The summed E-state index contributed by atoms with van der Waals surface area (Å²) in [6, 6.07) is 0.366. The highest BCUT2D eigenvalue weighted by molar-refractivity contribution is 5.76. The Labute approximate surface area is 202 Å². The maximum Gasteiger partial charge on any atom is 0.220 e. The minimum absolute atomic E-state index is 0.127. The highest BCUT2D eigenvalue weighted by Gasteiger charge is 2.30. The number of carbonyl (C=O) groups excluding carboxylic acids is 2. The number of rotatable bonds is 22. The number of nitrogens with zero attached hydrogens (tertiary/aromatic N) is 1. The van der Waals surface area contributed by atoms with E-state index in [0.29, 0.717) is 25.9 Å². The van der Waals surface area contributed by atoms with Crippen LogP contribution in [-0.4, -0.2) is 61.1 Å². The highest BCUT2D eigenvalue weighted by atomic mass is 16.6. The minimum Gasteiger partial charge on any atom is -0.372 e. The molecule has 3 atom stereocenters. The van der Waals surface area contributed by atoms with E-state index in [4.69, 9.17) is 4.74 Å². The van der Waals surface area contributed by atoms with Crippen LogP contribution in [0.2, 0.25) is 0 Å². The van der Waals surface area contributed by atoms with Crippen molar-refractivity contribution in [3.63, 3.8) is 0 Å². The van der Waals surface area contributed by atoms with Gasteiger partial charge < -0.3 is 15.4 Å². The minimum atomic E-state index is 0.127. The predicted molar refractivity (Wildman–Crippen MR) is 137 cm³/mol. The van der Waals surface area contributed by atoms with Gasteiger partial charge in [-0.05, 0) is 52.4 Å². The third kappa shape index (κ3) is 15.7. The molecule has 0 aromatic heterocycles. The number of allylic oxidation sites excluding steroid dienone is 2. The molecule has 0 spiro atoms. The monoisotopic (exact) mass is 463 g/mol. The van der Waals surface area contributed by atoms with Crippen LogP contribution in [0.4, 0.5) is 0 Å². The van der Waals surface area contributed by atoms with Gasteiger partial charge in [-0.15, -0.1) is 13.2 Å². The van der Waals surface area contributed by atoms with Crippen LogP contribution >= 0.6 is 0 Å². The Kier molecular flexibility index (Phi) is 16.7. The fourth-order valence-electron chi connectivity index (χ4n) is 3.99. The van der Waals surface area contributed by atoms with Crippen molar-refractivity contribution in [2.45, 2.75) is 109 Å². The summed E-state index contributed by atoms with van der Waals surface area (Å²) in [5, 5.41) is 6.19. The van der Waals surface area contributed by atoms with E-state index >= 15 is 0 Å². The lowest BCUT2D eigenvalue weighted by Gasteiger charge is -2.34. The molecule has 0 aromatic rings. The lowest BCUT2D eigenvalue weighted by atomic mass is 10.1. The number of unbranched alkanes of at least 4 members (excludes halogenated alkanes) is 8. The van der Waals surface area contributed by atoms with E-state index in [0.717, 1.165) is 77.4 Å². The van der Waals surface area contributed by atoms with Crippen LogP contribution in [0, 0.1) is 0 Å². The molecule has 190 valence electrons. The molecule has 0 radical (unpaired) electrons. The lowest BCUT2D eigenvalue weighted by Crippen LogP contribution is -2.51. The molecule has 0 bridgehead atoms. The summed E-state index contributed by atoms with van der Waals surface area (Å²) in [4.78, 5) is 26.8. The van der Waals surface area contributed by atoms with Crippen molar-refractivity contribution in [3.8, 4) is 0 Å². The van der Waals surface area contributed by atoms with Crippen LogP contribution in [0.1, 0.15) is 90.9 Å². The number of amides is 2. The smallest absolute Gasteiger partial charge is 0.220 e. The maximum atomic E-state index is 12.2. The van der Waals surface area contributed by atoms with Gasteiger partial charge in [-0.25, -0.2) is 0 Å². The second kappa shape index (κ2) is 18.7. The molecule has 1 aliphatic rings. The molecule has 0 aliphatic carbocycles. The van der Waals surface area contributed by atoms with Gasteiger partial charge in [0.05, 0.1) is 12.7 Å². The molecule has 1 saturated heterocycles. The van der Waals surface area contributed by atoms with E-state index in [-0.39, 0.29) is 30.0 Å². The maximum absolute atomic E-state index is 12.2. The Morgan fingerprint density at radius 3 is 1.67 bits per heavy atom. The molecule has 6 heteroatoms. The van der Waals surface area contributed by atoms with Crippen LogP contribution in [0.25, 0.3) is 0 Å². The third-order valence-electron chi connectivity index (χ3n) is 6.26. The molecular weight excluding hydrogens is 414 g/mol. The summed E-state index contributed by atoms with van der Waals surface area (Å²) in [6.07, 6.45) is 16.1. The number of hydrogen-bond acceptors (Lipinski definition) is 4. The molecule has 6 nitrogen and oxygen atoms in total. The van der Waals surface area contributed by atoms with E-state index in [1.807, 2.05) is 12.2 Å². The third-order valence-corrected chi connectivity index (χ3v) is 6.26. The van der Waals surface area contributed by atoms with E-state index in [9.17, 15) is 9.59 Å². The van der Waals surface area contributed by atoms with Gasteiger partial charge in [0.15, 0.2) is 0 Å². The summed E-state index contributed by atoms with van der Waals surface area (Å²) in [7, 11) is 0. The first-order valence-electron chi connectivity index (χ1n) is 13.1. The van der Waals surface area contributed by atoms with Gasteiger partial charge in [-0.3, -0.25) is 14.5 Å². The van der Waals surface area contributed by atoms with Gasteiger partial charge in [0, 0.05) is 44.6 Å². The summed E-state index contributed by atoms with van der Waals surface area (Å²) in [5.41, 5.74) is 0. The molecule has 0 saturated carbocycles. The van der Waals surface area contributed by atoms with Gasteiger partial charge in [0.1, 0.15) is 0 Å². The number of epoxide rings is 1. The van der Waals surface area contributed by atoms with Crippen molar-refractivity contribution < 1.29 is 14.3 Å². The predicted octanol–water partition coefficient (Wildman–Crippen LogP) is 4.75. The van der Waals surface area contributed by atoms with E-state index in [1.54, 1.807) is 0 Å². The van der Waals surface area contributed by atoms with E-state index in [2.05, 4.69) is 42.5 Å². The molecule has 0 aromatic carbocycles. The van der Waals surface area contributed by atoms with Crippen molar-refractivity contribution in [1.82, 2.24) is 15.5 Å². The Morgan fingerprint density at radius 2 is 1.27 bits per heavy atom. The normalized spacial score (nSPS) is 16.8. The Balaban J connectivity index is 2.28. The SMILES string of the molecule is C=CCCCCCCC(=O)NCC(C)N(CC1CO1)C(C)CNC(=O)CCCCCCC=C. The van der Waals surface area contributed by atoms with Crippen molar-refractivity contribution in [2.24, 2.45) is 0 Å². The van der Waals surface area contributed by atoms with Gasteiger partial charge in [0.2, 0.25) is 11.8 Å². The second-order valence-electron chi connectivity index (χ2n) is 9.44. The summed E-state index contributed by atoms with van der Waals surface area (Å²) in [6.45, 7) is 14.6. The zero-order valence-corrected chi connectivity index (χ0v) is 21.3. The molecule has 2 amide bonds. The van der Waals surface area contributed by atoms with Gasteiger partial charge >= 0.3 is 0 Å². The summed E-state index contributed by atoms with van der Waals surface area (Å²) < 4.78 is 5.45. The second-order valence-corrected chi connectivity index (χ2v) is 9.44. The Hall–Kier alpha value is -1.66. The number of carbonyl (C=O) groups is 2. The molecule has 2 N–H and O–H groups in total. The van der Waals surface area contributed by atoms with Gasteiger partial charge in [0.25, 0.3) is 0 Å².